The van der Waals surface area contributed by atoms with Crippen molar-refractivity contribution < 1.29 is 48.9 Å². The van der Waals surface area contributed by atoms with Gasteiger partial charge in [0.15, 0.2) is 0 Å². The van der Waals surface area contributed by atoms with E-state index < -0.39 is 91.4 Å². The molecule has 15 nitrogen and oxygen atoms in total. The molecule has 4 amide bonds. The molecule has 0 unspecified atom stereocenters. The standard InChI is InChI=1S/C18H27N5O10/c19-8(6-14(27)28)17(31)23-5-1-2-11(23)16(30)22-10(7-12(20)24)15(29)21-9(18(32)33)3-4-13(25)26/h8-11H,1-7,19H2,(H2,20,24)(H,21,29)(H,22,30)(H,25,26)(H,27,28)(H,32,33)/t8-,9-,10-,11-/m0/s1. The Morgan fingerprint density at radius 2 is 1.58 bits per heavy atom. The van der Waals surface area contributed by atoms with Gasteiger partial charge in [-0.15, -0.1) is 0 Å². The van der Waals surface area contributed by atoms with Crippen LogP contribution in [0, 0.1) is 0 Å². The lowest BCUT2D eigenvalue weighted by atomic mass is 10.1. The highest BCUT2D eigenvalue weighted by Crippen LogP contribution is 2.19. The van der Waals surface area contributed by atoms with Crippen molar-refractivity contribution >= 4 is 41.5 Å². The van der Waals surface area contributed by atoms with Gasteiger partial charge in [-0.25, -0.2) is 4.79 Å². The molecule has 9 N–H and O–H groups in total. The number of hydrogen-bond donors (Lipinski definition) is 7. The van der Waals surface area contributed by atoms with E-state index in [9.17, 15) is 38.7 Å². The molecule has 0 radical (unpaired) electrons. The normalized spacial score (nSPS) is 18.0. The van der Waals surface area contributed by atoms with E-state index in [1.807, 2.05) is 0 Å². The molecule has 0 aromatic heterocycles. The lowest BCUT2D eigenvalue weighted by Crippen LogP contribution is -2.57. The molecule has 1 saturated heterocycles. The van der Waals surface area contributed by atoms with E-state index in [1.165, 1.54) is 0 Å². The van der Waals surface area contributed by atoms with Crippen molar-refractivity contribution in [2.75, 3.05) is 6.54 Å². The van der Waals surface area contributed by atoms with Crippen LogP contribution in [0.5, 0.6) is 0 Å². The molecule has 1 rings (SSSR count). The van der Waals surface area contributed by atoms with Gasteiger partial charge in [-0.1, -0.05) is 0 Å². The van der Waals surface area contributed by atoms with E-state index >= 15 is 0 Å². The van der Waals surface area contributed by atoms with Crippen LogP contribution in [0.3, 0.4) is 0 Å². The zero-order valence-electron chi connectivity index (χ0n) is 17.6. The third kappa shape index (κ3) is 8.72. The van der Waals surface area contributed by atoms with Gasteiger partial charge in [-0.05, 0) is 19.3 Å². The molecule has 0 bridgehead atoms. The first-order chi connectivity index (χ1) is 15.3. The van der Waals surface area contributed by atoms with Crippen molar-refractivity contribution in [3.63, 3.8) is 0 Å². The summed E-state index contributed by atoms with van der Waals surface area (Å²) in [6.45, 7) is 0.118. The highest BCUT2D eigenvalue weighted by molar-refractivity contribution is 5.96. The molecule has 33 heavy (non-hydrogen) atoms. The second kappa shape index (κ2) is 12.3. The Hall–Kier alpha value is -3.75. The molecule has 0 saturated carbocycles. The largest absolute Gasteiger partial charge is 0.481 e. The predicted molar refractivity (Wildman–Crippen MR) is 107 cm³/mol. The SMILES string of the molecule is NC(=O)C[C@H](NC(=O)[C@@H]1CCCN1C(=O)[C@@H](N)CC(=O)O)C(=O)N[C@@H](CCC(=O)O)C(=O)O. The van der Waals surface area contributed by atoms with Gasteiger partial charge in [-0.3, -0.25) is 28.8 Å². The average Bonchev–Trinajstić information content (AvgIpc) is 3.18. The number of primary amides is 1. The summed E-state index contributed by atoms with van der Waals surface area (Å²) in [7, 11) is 0. The number of amides is 4. The smallest absolute Gasteiger partial charge is 0.326 e. The van der Waals surface area contributed by atoms with E-state index in [0.29, 0.717) is 6.42 Å². The summed E-state index contributed by atoms with van der Waals surface area (Å²) in [5, 5.41) is 31.0. The monoisotopic (exact) mass is 473 g/mol. The minimum absolute atomic E-state index is 0.118. The Bertz CT molecular complexity index is 816. The lowest BCUT2D eigenvalue weighted by molar-refractivity contribution is -0.144. The number of carboxylic acid groups (broad SMARTS) is 3. The van der Waals surface area contributed by atoms with Gasteiger partial charge in [-0.2, -0.15) is 0 Å². The zero-order valence-corrected chi connectivity index (χ0v) is 17.6. The van der Waals surface area contributed by atoms with Gasteiger partial charge >= 0.3 is 17.9 Å². The second-order valence-corrected chi connectivity index (χ2v) is 7.46. The third-order valence-electron chi connectivity index (χ3n) is 4.85. The van der Waals surface area contributed by atoms with Crippen molar-refractivity contribution in [3.8, 4) is 0 Å². The molecule has 0 spiro atoms. The molecule has 1 fully saturated rings. The molecule has 1 heterocycles. The Kier molecular flexibility index (Phi) is 10.2. The molecule has 4 atom stereocenters. The average molecular weight is 473 g/mol. The highest BCUT2D eigenvalue weighted by atomic mass is 16.4. The van der Waals surface area contributed by atoms with Gasteiger partial charge in [0.2, 0.25) is 23.6 Å². The van der Waals surface area contributed by atoms with Gasteiger partial charge in [0.25, 0.3) is 0 Å². The fourth-order valence-corrected chi connectivity index (χ4v) is 3.27. The number of rotatable bonds is 13. The maximum absolute atomic E-state index is 12.7. The molecular formula is C18H27N5O10. The van der Waals surface area contributed by atoms with Crippen LogP contribution in [0.2, 0.25) is 0 Å². The number of carboxylic acids is 3. The van der Waals surface area contributed by atoms with Crippen LogP contribution in [0.4, 0.5) is 0 Å². The van der Waals surface area contributed by atoms with E-state index in [0.717, 1.165) is 4.90 Å². The van der Waals surface area contributed by atoms with E-state index in [1.54, 1.807) is 0 Å². The number of likely N-dealkylation sites (tertiary alicyclic amines) is 1. The summed E-state index contributed by atoms with van der Waals surface area (Å²) in [5.74, 6) is -7.80. The number of nitrogens with zero attached hydrogens (tertiary/aromatic N) is 1. The Morgan fingerprint density at radius 1 is 0.939 bits per heavy atom. The first kappa shape index (κ1) is 27.3. The van der Waals surface area contributed by atoms with Crippen LogP contribution < -0.4 is 22.1 Å². The summed E-state index contributed by atoms with van der Waals surface area (Å²) in [6.07, 6.45) is -1.77. The lowest BCUT2D eigenvalue weighted by Gasteiger charge is -2.28. The van der Waals surface area contributed by atoms with Crippen molar-refractivity contribution in [3.05, 3.63) is 0 Å². The number of carbonyl (C=O) groups excluding carboxylic acids is 4. The Morgan fingerprint density at radius 3 is 2.09 bits per heavy atom. The van der Waals surface area contributed by atoms with E-state index in [-0.39, 0.29) is 13.0 Å². The molecule has 0 aromatic carbocycles. The molecule has 0 aromatic rings. The summed E-state index contributed by atoms with van der Waals surface area (Å²) in [6, 6.07) is -5.67. The number of hydrogen-bond acceptors (Lipinski definition) is 8. The Balaban J connectivity index is 2.92. The van der Waals surface area contributed by atoms with Crippen LogP contribution in [0.1, 0.15) is 38.5 Å². The van der Waals surface area contributed by atoms with Crippen molar-refractivity contribution in [2.45, 2.75) is 62.7 Å². The van der Waals surface area contributed by atoms with Crippen LogP contribution in [0.15, 0.2) is 0 Å². The Labute approximate surface area is 187 Å². The first-order valence-electron chi connectivity index (χ1n) is 9.95. The van der Waals surface area contributed by atoms with Crippen molar-refractivity contribution in [1.29, 1.82) is 0 Å². The molecule has 1 aliphatic heterocycles. The summed E-state index contributed by atoms with van der Waals surface area (Å²) in [4.78, 5) is 82.9. The molecular weight excluding hydrogens is 446 g/mol. The highest BCUT2D eigenvalue weighted by Gasteiger charge is 2.38. The number of nitrogens with one attached hydrogen (secondary N) is 2. The number of carbonyl (C=O) groups is 7. The van der Waals surface area contributed by atoms with Crippen molar-refractivity contribution in [2.24, 2.45) is 11.5 Å². The zero-order chi connectivity index (χ0) is 25.3. The second-order valence-electron chi connectivity index (χ2n) is 7.46. The van der Waals surface area contributed by atoms with Gasteiger partial charge in [0.05, 0.1) is 18.9 Å². The quantitative estimate of drug-likeness (QED) is 0.138. The van der Waals surface area contributed by atoms with Gasteiger partial charge in [0, 0.05) is 13.0 Å². The van der Waals surface area contributed by atoms with Crippen LogP contribution in [-0.2, 0) is 33.6 Å². The van der Waals surface area contributed by atoms with Crippen molar-refractivity contribution in [1.82, 2.24) is 15.5 Å². The maximum atomic E-state index is 12.7. The maximum Gasteiger partial charge on any atom is 0.326 e. The molecule has 184 valence electrons. The predicted octanol–water partition coefficient (Wildman–Crippen LogP) is -3.43. The molecule has 0 aliphatic carbocycles. The minimum atomic E-state index is -1.60. The summed E-state index contributed by atoms with van der Waals surface area (Å²) in [5.41, 5.74) is 10.7. The first-order valence-corrected chi connectivity index (χ1v) is 9.95. The number of nitrogens with two attached hydrogens (primary N) is 2. The fraction of sp³-hybridized carbons (Fsp3) is 0.611. The summed E-state index contributed by atoms with van der Waals surface area (Å²) < 4.78 is 0. The van der Waals surface area contributed by atoms with Crippen LogP contribution >= 0.6 is 0 Å². The topological polar surface area (TPSA) is 260 Å². The summed E-state index contributed by atoms with van der Waals surface area (Å²) >= 11 is 0. The third-order valence-corrected chi connectivity index (χ3v) is 4.85. The molecule has 1 aliphatic rings. The van der Waals surface area contributed by atoms with Crippen LogP contribution in [-0.4, -0.2) is 92.5 Å². The van der Waals surface area contributed by atoms with E-state index in [4.69, 9.17) is 21.7 Å². The molecule has 15 heteroatoms. The number of aliphatic carboxylic acids is 3. The van der Waals surface area contributed by atoms with E-state index in [2.05, 4.69) is 10.6 Å². The fourth-order valence-electron chi connectivity index (χ4n) is 3.27. The van der Waals surface area contributed by atoms with Gasteiger partial charge < -0.3 is 42.3 Å². The minimum Gasteiger partial charge on any atom is -0.481 e. The van der Waals surface area contributed by atoms with Gasteiger partial charge in [0.1, 0.15) is 18.1 Å². The van der Waals surface area contributed by atoms with Crippen LogP contribution in [0.25, 0.3) is 0 Å².